The van der Waals surface area contributed by atoms with Gasteiger partial charge in [-0.05, 0) is 54.0 Å². The quantitative estimate of drug-likeness (QED) is 0.247. The van der Waals surface area contributed by atoms with Crippen molar-refractivity contribution in [3.63, 3.8) is 0 Å². The second kappa shape index (κ2) is 9.75. The van der Waals surface area contributed by atoms with E-state index in [1.54, 1.807) is 42.5 Å². The molecule has 2 aromatic heterocycles. The van der Waals surface area contributed by atoms with Crippen molar-refractivity contribution in [2.24, 2.45) is 0 Å². The van der Waals surface area contributed by atoms with Crippen LogP contribution in [0.4, 0.5) is 18.9 Å². The maximum absolute atomic E-state index is 15.1. The number of nitrogens with one attached hydrogen (secondary N) is 1. The summed E-state index contributed by atoms with van der Waals surface area (Å²) in [7, 11) is 5.14. The molecule has 3 aromatic carbocycles. The Balaban J connectivity index is 1.59. The van der Waals surface area contributed by atoms with Crippen molar-refractivity contribution in [3.05, 3.63) is 89.5 Å². The van der Waals surface area contributed by atoms with E-state index in [1.807, 2.05) is 19.0 Å². The topological polar surface area (TPSA) is 71.5 Å². The second-order valence-electron chi connectivity index (χ2n) is 9.76. The number of fused-ring (bicyclic) bond motifs is 2. The Morgan fingerprint density at radius 1 is 0.950 bits per heavy atom. The Morgan fingerprint density at radius 3 is 2.45 bits per heavy atom. The summed E-state index contributed by atoms with van der Waals surface area (Å²) in [6.45, 7) is 0. The van der Waals surface area contributed by atoms with Crippen LogP contribution in [0.15, 0.2) is 75.3 Å². The van der Waals surface area contributed by atoms with Gasteiger partial charge in [-0.25, -0.2) is 18.2 Å². The van der Waals surface area contributed by atoms with Crippen molar-refractivity contribution in [3.8, 4) is 22.6 Å². The minimum Gasteiger partial charge on any atom is -0.455 e. The summed E-state index contributed by atoms with van der Waals surface area (Å²) in [5.41, 5.74) is 3.79. The summed E-state index contributed by atoms with van der Waals surface area (Å²) >= 11 is 0. The van der Waals surface area contributed by atoms with E-state index in [2.05, 4.69) is 10.3 Å². The molecule has 1 aliphatic rings. The van der Waals surface area contributed by atoms with Crippen LogP contribution in [0.25, 0.3) is 50.2 Å². The molecular weight excluding hydrogens is 519 g/mol. The molecule has 1 amide bonds. The fourth-order valence-corrected chi connectivity index (χ4v) is 5.00. The number of nitrogens with zero attached hydrogens (tertiary/aromatic N) is 2. The first-order valence-corrected chi connectivity index (χ1v) is 12.7. The number of allylic oxidation sites excluding steroid dienone is 4. The summed E-state index contributed by atoms with van der Waals surface area (Å²) in [6, 6.07) is 13.0. The van der Waals surface area contributed by atoms with Crippen molar-refractivity contribution in [2.75, 3.05) is 26.0 Å². The molecule has 0 saturated carbocycles. The van der Waals surface area contributed by atoms with Crippen LogP contribution in [0, 0.1) is 11.6 Å². The molecule has 0 unspecified atom stereocenters. The molecule has 0 aliphatic heterocycles. The third kappa shape index (κ3) is 4.23. The minimum atomic E-state index is -1.08. The molecule has 0 bridgehead atoms. The van der Waals surface area contributed by atoms with Crippen LogP contribution in [0.5, 0.6) is 0 Å². The summed E-state index contributed by atoms with van der Waals surface area (Å²) < 4.78 is 55.8. The van der Waals surface area contributed by atoms with Crippen LogP contribution in [0.3, 0.4) is 0 Å². The maximum Gasteiger partial charge on any atom is 0.255 e. The van der Waals surface area contributed by atoms with Gasteiger partial charge in [-0.2, -0.15) is 0 Å². The van der Waals surface area contributed by atoms with E-state index in [9.17, 15) is 9.18 Å². The second-order valence-corrected chi connectivity index (χ2v) is 9.76. The Kier molecular flexibility index (Phi) is 6.21. The summed E-state index contributed by atoms with van der Waals surface area (Å²) in [5, 5.41) is 3.13. The van der Waals surface area contributed by atoms with Crippen LogP contribution in [0.1, 0.15) is 29.0 Å². The zero-order valence-corrected chi connectivity index (χ0v) is 21.9. The lowest BCUT2D eigenvalue weighted by Gasteiger charge is -2.18. The van der Waals surface area contributed by atoms with Gasteiger partial charge in [-0.1, -0.05) is 18.2 Å². The largest absolute Gasteiger partial charge is 0.455 e. The van der Waals surface area contributed by atoms with Crippen molar-refractivity contribution >= 4 is 39.2 Å². The van der Waals surface area contributed by atoms with Gasteiger partial charge in [-0.3, -0.25) is 4.79 Å². The number of para-hydroxylation sites is 2. The molecule has 0 atom stereocenters. The standard InChI is InChI=1S/C31H24F3N3O3/c1-35-30(38)27-20-14-19(24(37(2)3)15-26(20)39-29(27)16-8-10-18(32)11-9-16)17-12-21(28(34)22(33)13-17)31-36-23-6-4-5-7-25(23)40-31/h4-8,10,12-15H,9,11H2,1-3H3,(H,35,38). The number of oxazole rings is 1. The fourth-order valence-electron chi connectivity index (χ4n) is 5.00. The zero-order valence-electron chi connectivity index (χ0n) is 21.9. The molecule has 2 heterocycles. The molecular formula is C31H24F3N3O3. The number of carbonyl (C=O) groups is 1. The molecule has 9 heteroatoms. The van der Waals surface area contributed by atoms with Crippen molar-refractivity contribution in [1.29, 1.82) is 0 Å². The van der Waals surface area contributed by atoms with Crippen molar-refractivity contribution < 1.29 is 26.8 Å². The lowest BCUT2D eigenvalue weighted by Crippen LogP contribution is -2.19. The number of rotatable bonds is 5. The third-order valence-corrected chi connectivity index (χ3v) is 7.00. The van der Waals surface area contributed by atoms with Gasteiger partial charge in [0.05, 0.1) is 11.1 Å². The SMILES string of the molecule is CNC(=O)c1c(C2=CC=C(F)CC2)oc2cc(N(C)C)c(-c3cc(F)c(F)c(-c4nc5ccccc5o4)c3)cc12. The molecule has 0 saturated heterocycles. The normalized spacial score (nSPS) is 13.4. The van der Waals surface area contributed by atoms with E-state index in [1.165, 1.54) is 19.2 Å². The third-order valence-electron chi connectivity index (χ3n) is 7.00. The van der Waals surface area contributed by atoms with Crippen LogP contribution in [-0.2, 0) is 0 Å². The summed E-state index contributed by atoms with van der Waals surface area (Å²) in [4.78, 5) is 19.2. The number of aromatic nitrogens is 1. The monoisotopic (exact) mass is 543 g/mol. The molecule has 6 nitrogen and oxygen atoms in total. The summed E-state index contributed by atoms with van der Waals surface area (Å²) in [5.74, 6) is -2.48. The van der Waals surface area contributed by atoms with E-state index in [-0.39, 0.29) is 35.2 Å². The maximum atomic E-state index is 15.1. The average Bonchev–Trinajstić information content (AvgIpc) is 3.55. The highest BCUT2D eigenvalue weighted by atomic mass is 19.2. The van der Waals surface area contributed by atoms with Gasteiger partial charge in [0.1, 0.15) is 22.7 Å². The number of amides is 1. The van der Waals surface area contributed by atoms with Gasteiger partial charge in [-0.15, -0.1) is 0 Å². The molecule has 1 N–H and O–H groups in total. The summed E-state index contributed by atoms with van der Waals surface area (Å²) in [6.07, 6.45) is 3.55. The number of hydrogen-bond acceptors (Lipinski definition) is 5. The first-order chi connectivity index (χ1) is 19.2. The van der Waals surface area contributed by atoms with Gasteiger partial charge >= 0.3 is 0 Å². The lowest BCUT2D eigenvalue weighted by molar-refractivity contribution is 0.0963. The Labute approximate surface area is 227 Å². The Morgan fingerprint density at radius 2 is 1.75 bits per heavy atom. The van der Waals surface area contributed by atoms with Gasteiger partial charge in [0.2, 0.25) is 5.89 Å². The number of anilines is 1. The van der Waals surface area contributed by atoms with Gasteiger partial charge in [0.15, 0.2) is 17.2 Å². The van der Waals surface area contributed by atoms with Crippen LogP contribution < -0.4 is 10.2 Å². The molecule has 5 aromatic rings. The highest BCUT2D eigenvalue weighted by Crippen LogP contribution is 2.42. The first-order valence-electron chi connectivity index (χ1n) is 12.7. The molecule has 0 spiro atoms. The molecule has 202 valence electrons. The lowest BCUT2D eigenvalue weighted by atomic mass is 9.95. The average molecular weight is 544 g/mol. The fraction of sp³-hybridized carbons (Fsp3) is 0.161. The molecule has 0 fully saturated rings. The van der Waals surface area contributed by atoms with Gasteiger partial charge in [0, 0.05) is 50.3 Å². The van der Waals surface area contributed by atoms with Crippen molar-refractivity contribution in [1.82, 2.24) is 10.3 Å². The highest BCUT2D eigenvalue weighted by molar-refractivity contribution is 6.11. The zero-order chi connectivity index (χ0) is 28.1. The first kappa shape index (κ1) is 25.5. The molecule has 1 aliphatic carbocycles. The molecule has 0 radical (unpaired) electrons. The predicted molar refractivity (Wildman–Crippen MR) is 149 cm³/mol. The van der Waals surface area contributed by atoms with Gasteiger partial charge < -0.3 is 19.1 Å². The van der Waals surface area contributed by atoms with E-state index < -0.39 is 11.6 Å². The number of furan rings is 1. The van der Waals surface area contributed by atoms with E-state index >= 15 is 8.78 Å². The number of halogens is 3. The Hall–Kier alpha value is -4.79. The van der Waals surface area contributed by atoms with Gasteiger partial charge in [0.25, 0.3) is 5.91 Å². The molecule has 6 rings (SSSR count). The van der Waals surface area contributed by atoms with Crippen LogP contribution in [0.2, 0.25) is 0 Å². The number of carbonyl (C=O) groups excluding carboxylic acids is 1. The smallest absolute Gasteiger partial charge is 0.255 e. The highest BCUT2D eigenvalue weighted by Gasteiger charge is 2.27. The minimum absolute atomic E-state index is 0.0481. The predicted octanol–water partition coefficient (Wildman–Crippen LogP) is 7.64. The number of benzene rings is 3. The molecule has 40 heavy (non-hydrogen) atoms. The van der Waals surface area contributed by atoms with Crippen LogP contribution in [-0.4, -0.2) is 32.0 Å². The van der Waals surface area contributed by atoms with Crippen LogP contribution >= 0.6 is 0 Å². The van der Waals surface area contributed by atoms with Crippen molar-refractivity contribution in [2.45, 2.75) is 12.8 Å². The van der Waals surface area contributed by atoms with E-state index in [0.717, 1.165) is 6.07 Å². The van der Waals surface area contributed by atoms with E-state index in [4.69, 9.17) is 8.83 Å². The Bertz CT molecular complexity index is 1850. The number of hydrogen-bond donors (Lipinski definition) is 1. The van der Waals surface area contributed by atoms with E-state index in [0.29, 0.717) is 56.6 Å².